The number of nitriles is 1. The standard InChI is InChI=1S/C32H33F3N6O3/c1-2-43-29-22(5-4-14-38-29)24-9-8-23-28(39-24)30(42)41(21-10-15-37-19-21)20-31(23)11-16-40(17-12-31)25-6-3-7-26(44-18-13-36)27(25)32(33,34)35/h3-9,14,21,37H,2,10-12,15-20H2,1H3/t21-/m0/s1. The van der Waals surface area contributed by atoms with E-state index in [0.29, 0.717) is 68.5 Å². The number of anilines is 1. The number of benzene rings is 1. The van der Waals surface area contributed by atoms with Crippen molar-refractivity contribution in [3.63, 3.8) is 0 Å². The van der Waals surface area contributed by atoms with Gasteiger partial charge < -0.3 is 24.6 Å². The van der Waals surface area contributed by atoms with Crippen LogP contribution in [0.5, 0.6) is 11.6 Å². The monoisotopic (exact) mass is 606 g/mol. The summed E-state index contributed by atoms with van der Waals surface area (Å²) in [7, 11) is 0. The highest BCUT2D eigenvalue weighted by Crippen LogP contribution is 2.47. The molecule has 2 aromatic heterocycles. The predicted octanol–water partition coefficient (Wildman–Crippen LogP) is 4.82. The van der Waals surface area contributed by atoms with Crippen LogP contribution < -0.4 is 19.7 Å². The first-order valence-electron chi connectivity index (χ1n) is 14.8. The molecule has 1 spiro atoms. The number of alkyl halides is 3. The summed E-state index contributed by atoms with van der Waals surface area (Å²) in [6.07, 6.45) is -1.14. The van der Waals surface area contributed by atoms with Gasteiger partial charge in [0.15, 0.2) is 6.61 Å². The number of halogens is 3. The Kier molecular flexibility index (Phi) is 8.07. The third-order valence-corrected chi connectivity index (χ3v) is 8.85. The highest BCUT2D eigenvalue weighted by atomic mass is 19.4. The third kappa shape index (κ3) is 5.41. The number of carbonyl (C=O) groups excluding carboxylic acids is 1. The molecule has 0 aliphatic carbocycles. The molecule has 3 aromatic rings. The summed E-state index contributed by atoms with van der Waals surface area (Å²) < 4.78 is 53.8. The highest BCUT2D eigenvalue weighted by molar-refractivity contribution is 5.96. The van der Waals surface area contributed by atoms with Crippen molar-refractivity contribution < 1.29 is 27.4 Å². The van der Waals surface area contributed by atoms with Gasteiger partial charge in [-0.05, 0) is 68.6 Å². The lowest BCUT2D eigenvalue weighted by Gasteiger charge is -2.50. The maximum Gasteiger partial charge on any atom is 0.421 e. The second-order valence-electron chi connectivity index (χ2n) is 11.3. The average molecular weight is 607 g/mol. The fourth-order valence-corrected chi connectivity index (χ4v) is 6.76. The number of aromatic nitrogens is 2. The summed E-state index contributed by atoms with van der Waals surface area (Å²) in [6.45, 7) is 4.49. The maximum absolute atomic E-state index is 14.3. The highest BCUT2D eigenvalue weighted by Gasteiger charge is 2.49. The molecule has 0 radical (unpaired) electrons. The van der Waals surface area contributed by atoms with Gasteiger partial charge in [0.25, 0.3) is 5.91 Å². The molecule has 1 atom stereocenters. The van der Waals surface area contributed by atoms with Gasteiger partial charge >= 0.3 is 6.18 Å². The lowest BCUT2D eigenvalue weighted by Crippen LogP contribution is -2.57. The Morgan fingerprint density at radius 1 is 1.14 bits per heavy atom. The first kappa shape index (κ1) is 29.7. The molecular weight excluding hydrogens is 573 g/mol. The Labute approximate surface area is 253 Å². The van der Waals surface area contributed by atoms with Crippen molar-refractivity contribution in [1.29, 1.82) is 5.26 Å². The third-order valence-electron chi connectivity index (χ3n) is 8.85. The minimum Gasteiger partial charge on any atom is -0.478 e. The number of pyridine rings is 2. The van der Waals surface area contributed by atoms with Gasteiger partial charge in [-0.2, -0.15) is 18.4 Å². The zero-order valence-corrected chi connectivity index (χ0v) is 24.4. The Balaban J connectivity index is 1.37. The number of fused-ring (bicyclic) bond motifs is 2. The van der Waals surface area contributed by atoms with Crippen LogP contribution >= 0.6 is 0 Å². The van der Waals surface area contributed by atoms with E-state index < -0.39 is 23.8 Å². The van der Waals surface area contributed by atoms with Crippen molar-refractivity contribution in [2.45, 2.75) is 43.8 Å². The molecule has 0 unspecified atom stereocenters. The molecule has 3 aliphatic rings. The Bertz CT molecular complexity index is 1580. The molecule has 1 N–H and O–H groups in total. The molecule has 0 bridgehead atoms. The van der Waals surface area contributed by atoms with Gasteiger partial charge in [0.1, 0.15) is 23.1 Å². The van der Waals surface area contributed by atoms with E-state index in [0.717, 1.165) is 18.5 Å². The minimum atomic E-state index is -4.67. The van der Waals surface area contributed by atoms with Gasteiger partial charge in [0.05, 0.1) is 23.6 Å². The molecule has 6 rings (SSSR count). The fraction of sp³-hybridized carbons (Fsp3) is 0.438. The van der Waals surface area contributed by atoms with Crippen LogP contribution in [0.15, 0.2) is 48.7 Å². The van der Waals surface area contributed by atoms with Crippen LogP contribution in [0.4, 0.5) is 18.9 Å². The summed E-state index contributed by atoms with van der Waals surface area (Å²) in [5.74, 6) is -0.0527. The summed E-state index contributed by atoms with van der Waals surface area (Å²) in [4.78, 5) is 26.9. The summed E-state index contributed by atoms with van der Waals surface area (Å²) in [6, 6.07) is 13.5. The van der Waals surface area contributed by atoms with Crippen LogP contribution in [-0.4, -0.2) is 72.8 Å². The molecule has 12 heteroatoms. The van der Waals surface area contributed by atoms with Crippen molar-refractivity contribution in [2.75, 3.05) is 50.8 Å². The molecule has 230 valence electrons. The van der Waals surface area contributed by atoms with Crippen LogP contribution in [0.1, 0.15) is 47.8 Å². The van der Waals surface area contributed by atoms with E-state index in [1.54, 1.807) is 23.2 Å². The van der Waals surface area contributed by atoms with Crippen molar-refractivity contribution in [1.82, 2.24) is 20.2 Å². The molecule has 1 amide bonds. The first-order valence-corrected chi connectivity index (χ1v) is 14.8. The number of hydrogen-bond acceptors (Lipinski definition) is 8. The maximum atomic E-state index is 14.3. The molecule has 1 aromatic carbocycles. The first-order chi connectivity index (χ1) is 21.3. The van der Waals surface area contributed by atoms with Crippen LogP contribution in [0.3, 0.4) is 0 Å². The molecule has 9 nitrogen and oxygen atoms in total. The van der Waals surface area contributed by atoms with Gasteiger partial charge in [-0.15, -0.1) is 0 Å². The van der Waals surface area contributed by atoms with E-state index in [1.807, 2.05) is 30.0 Å². The summed E-state index contributed by atoms with van der Waals surface area (Å²) in [5.41, 5.74) is 1.15. The van der Waals surface area contributed by atoms with E-state index in [9.17, 15) is 18.0 Å². The van der Waals surface area contributed by atoms with Crippen LogP contribution in [-0.2, 0) is 11.6 Å². The molecule has 2 saturated heterocycles. The van der Waals surface area contributed by atoms with Crippen molar-refractivity contribution >= 4 is 11.6 Å². The van der Waals surface area contributed by atoms with E-state index in [2.05, 4.69) is 10.3 Å². The zero-order valence-electron chi connectivity index (χ0n) is 24.4. The molecule has 2 fully saturated rings. The normalized spacial score (nSPS) is 19.5. The van der Waals surface area contributed by atoms with Crippen LogP contribution in [0, 0.1) is 11.3 Å². The molecule has 3 aliphatic heterocycles. The molecule has 44 heavy (non-hydrogen) atoms. The SMILES string of the molecule is CCOc1ncccc1-c1ccc2c(n1)C(=O)N([C@H]1CCNC1)CC21CCN(c2cccc(OCC#N)c2C(F)(F)F)CC1. The average Bonchev–Trinajstić information content (AvgIpc) is 3.57. The van der Waals surface area contributed by atoms with Crippen LogP contribution in [0.25, 0.3) is 11.3 Å². The van der Waals surface area contributed by atoms with E-state index in [4.69, 9.17) is 19.7 Å². The number of ether oxygens (including phenoxy) is 2. The predicted molar refractivity (Wildman–Crippen MR) is 157 cm³/mol. The Morgan fingerprint density at radius 2 is 1.95 bits per heavy atom. The van der Waals surface area contributed by atoms with Crippen molar-refractivity contribution in [3.05, 3.63) is 65.5 Å². The van der Waals surface area contributed by atoms with Gasteiger partial charge in [-0.1, -0.05) is 12.1 Å². The van der Waals surface area contributed by atoms with E-state index in [1.165, 1.54) is 18.2 Å². The number of hydrogen-bond donors (Lipinski definition) is 1. The Morgan fingerprint density at radius 3 is 2.66 bits per heavy atom. The van der Waals surface area contributed by atoms with Crippen molar-refractivity contribution in [2.24, 2.45) is 0 Å². The van der Waals surface area contributed by atoms with Crippen molar-refractivity contribution in [3.8, 4) is 29.0 Å². The second kappa shape index (κ2) is 12.0. The lowest BCUT2D eigenvalue weighted by atomic mass is 9.69. The largest absolute Gasteiger partial charge is 0.478 e. The molecular formula is C32H33F3N6O3. The minimum absolute atomic E-state index is 0.0131. The fourth-order valence-electron chi connectivity index (χ4n) is 6.76. The zero-order chi connectivity index (χ0) is 30.9. The van der Waals surface area contributed by atoms with E-state index >= 15 is 0 Å². The number of nitrogens with zero attached hydrogens (tertiary/aromatic N) is 5. The summed E-state index contributed by atoms with van der Waals surface area (Å²) in [5, 5.41) is 12.2. The molecule has 0 saturated carbocycles. The Hall–Kier alpha value is -4.37. The van der Waals surface area contributed by atoms with E-state index in [-0.39, 0.29) is 23.4 Å². The number of amides is 1. The topological polar surface area (TPSA) is 104 Å². The quantitative estimate of drug-likeness (QED) is 0.409. The summed E-state index contributed by atoms with van der Waals surface area (Å²) >= 11 is 0. The van der Waals surface area contributed by atoms with Crippen LogP contribution in [0.2, 0.25) is 0 Å². The number of nitrogens with one attached hydrogen (secondary N) is 1. The van der Waals surface area contributed by atoms with Gasteiger partial charge in [-0.25, -0.2) is 9.97 Å². The lowest BCUT2D eigenvalue weighted by molar-refractivity contribution is -0.138. The number of piperidine rings is 1. The number of carbonyl (C=O) groups is 1. The van der Waals surface area contributed by atoms with Gasteiger partial charge in [0, 0.05) is 43.8 Å². The smallest absolute Gasteiger partial charge is 0.421 e. The molecule has 5 heterocycles. The number of rotatable bonds is 7. The van der Waals surface area contributed by atoms with Gasteiger partial charge in [0.2, 0.25) is 5.88 Å². The van der Waals surface area contributed by atoms with Gasteiger partial charge in [-0.3, -0.25) is 4.79 Å². The second-order valence-corrected chi connectivity index (χ2v) is 11.3.